The second-order valence-electron chi connectivity index (χ2n) is 4.37. The molecule has 0 saturated carbocycles. The normalized spacial score (nSPS) is 14.1. The minimum absolute atomic E-state index is 0.165. The van der Waals surface area contributed by atoms with Crippen molar-refractivity contribution in [2.45, 2.75) is 65.4 Å². The third-order valence-electron chi connectivity index (χ3n) is 2.54. The molecule has 0 saturated heterocycles. The van der Waals surface area contributed by atoms with Gasteiger partial charge in [-0.2, -0.15) is 0 Å². The van der Waals surface area contributed by atoms with Crippen LogP contribution in [0, 0.1) is 5.92 Å². The molecule has 1 unspecified atom stereocenters. The summed E-state index contributed by atoms with van der Waals surface area (Å²) in [6.07, 6.45) is 11.4. The van der Waals surface area contributed by atoms with E-state index in [4.69, 9.17) is 0 Å². The lowest BCUT2D eigenvalue weighted by molar-refractivity contribution is 0.128. The third-order valence-corrected chi connectivity index (χ3v) is 2.54. The van der Waals surface area contributed by atoms with Crippen molar-refractivity contribution in [1.82, 2.24) is 0 Å². The fourth-order valence-corrected chi connectivity index (χ4v) is 1.31. The van der Waals surface area contributed by atoms with Crippen molar-refractivity contribution < 1.29 is 5.11 Å². The highest BCUT2D eigenvalue weighted by Crippen LogP contribution is 2.07. The molecule has 84 valence electrons. The minimum atomic E-state index is -0.165. The monoisotopic (exact) mass is 198 g/mol. The van der Waals surface area contributed by atoms with Crippen LogP contribution in [0.5, 0.6) is 0 Å². The molecule has 0 aliphatic rings. The summed E-state index contributed by atoms with van der Waals surface area (Å²) in [6.45, 7) is 6.34. The molecule has 0 bridgehead atoms. The Balaban J connectivity index is 3.27. The van der Waals surface area contributed by atoms with Crippen LogP contribution in [0.2, 0.25) is 0 Å². The van der Waals surface area contributed by atoms with Gasteiger partial charge in [0.1, 0.15) is 0 Å². The van der Waals surface area contributed by atoms with E-state index in [0.717, 1.165) is 6.42 Å². The van der Waals surface area contributed by atoms with E-state index in [0.29, 0.717) is 5.92 Å². The van der Waals surface area contributed by atoms with Gasteiger partial charge in [0.2, 0.25) is 0 Å². The fourth-order valence-electron chi connectivity index (χ4n) is 1.31. The summed E-state index contributed by atoms with van der Waals surface area (Å²) in [5, 5.41) is 9.52. The summed E-state index contributed by atoms with van der Waals surface area (Å²) >= 11 is 0. The topological polar surface area (TPSA) is 20.2 Å². The summed E-state index contributed by atoms with van der Waals surface area (Å²) in [6, 6.07) is 0. The number of rotatable bonds is 8. The Labute approximate surface area is 89.2 Å². The Morgan fingerprint density at radius 2 is 1.79 bits per heavy atom. The number of unbranched alkanes of at least 4 members (excludes halogenated alkanes) is 4. The Morgan fingerprint density at radius 3 is 2.36 bits per heavy atom. The maximum atomic E-state index is 9.52. The fraction of sp³-hybridized carbons (Fsp3) is 0.846. The molecule has 0 aromatic carbocycles. The molecule has 0 amide bonds. The van der Waals surface area contributed by atoms with Crippen LogP contribution < -0.4 is 0 Å². The van der Waals surface area contributed by atoms with Crippen LogP contribution in [0.25, 0.3) is 0 Å². The molecule has 1 N–H and O–H groups in total. The van der Waals surface area contributed by atoms with Crippen molar-refractivity contribution in [3.8, 4) is 0 Å². The second kappa shape index (κ2) is 9.26. The zero-order chi connectivity index (χ0) is 10.8. The van der Waals surface area contributed by atoms with Crippen LogP contribution in [0.1, 0.15) is 59.3 Å². The Bertz CT molecular complexity index is 138. The first-order chi connectivity index (χ1) is 6.68. The van der Waals surface area contributed by atoms with Gasteiger partial charge in [0.25, 0.3) is 0 Å². The summed E-state index contributed by atoms with van der Waals surface area (Å²) in [4.78, 5) is 0. The molecule has 0 rings (SSSR count). The van der Waals surface area contributed by atoms with Crippen LogP contribution in [0.3, 0.4) is 0 Å². The average molecular weight is 198 g/mol. The van der Waals surface area contributed by atoms with Gasteiger partial charge in [-0.1, -0.05) is 52.2 Å². The smallest absolute Gasteiger partial charge is 0.0597 e. The van der Waals surface area contributed by atoms with Gasteiger partial charge in [0, 0.05) is 0 Å². The summed E-state index contributed by atoms with van der Waals surface area (Å²) in [5.74, 6) is 0.375. The van der Waals surface area contributed by atoms with E-state index in [9.17, 15) is 5.11 Å². The lowest BCUT2D eigenvalue weighted by atomic mass is 10.0. The predicted molar refractivity (Wildman–Crippen MR) is 63.4 cm³/mol. The van der Waals surface area contributed by atoms with E-state index in [1.165, 1.54) is 32.1 Å². The maximum Gasteiger partial charge on any atom is 0.0597 e. The van der Waals surface area contributed by atoms with Gasteiger partial charge in [0.15, 0.2) is 0 Å². The number of aliphatic hydroxyl groups is 1. The molecule has 0 aliphatic heterocycles. The molecule has 0 radical (unpaired) electrons. The molecule has 0 fully saturated rings. The first kappa shape index (κ1) is 13.7. The molecule has 0 aromatic rings. The highest BCUT2D eigenvalue weighted by Gasteiger charge is 2.05. The molecule has 14 heavy (non-hydrogen) atoms. The van der Waals surface area contributed by atoms with E-state index >= 15 is 0 Å². The van der Waals surface area contributed by atoms with Gasteiger partial charge < -0.3 is 5.11 Å². The summed E-state index contributed by atoms with van der Waals surface area (Å²) < 4.78 is 0. The summed E-state index contributed by atoms with van der Waals surface area (Å²) in [5.41, 5.74) is 0. The molecule has 0 heterocycles. The Hall–Kier alpha value is -0.300. The number of hydrogen-bond donors (Lipinski definition) is 1. The number of hydrogen-bond acceptors (Lipinski definition) is 1. The average Bonchev–Trinajstić information content (AvgIpc) is 2.16. The Kier molecular flexibility index (Phi) is 9.06. The molecule has 0 aromatic heterocycles. The molecular formula is C13H26O. The van der Waals surface area contributed by atoms with Crippen LogP contribution in [-0.4, -0.2) is 11.2 Å². The number of allylic oxidation sites excluding steroid dienone is 1. The molecule has 1 nitrogen and oxygen atoms in total. The largest absolute Gasteiger partial charge is 0.393 e. The number of aliphatic hydroxyl groups excluding tert-OH is 1. The van der Waals surface area contributed by atoms with Gasteiger partial charge in [-0.25, -0.2) is 0 Å². The first-order valence-corrected chi connectivity index (χ1v) is 6.01. The molecule has 1 atom stereocenters. The van der Waals surface area contributed by atoms with Gasteiger partial charge in [-0.15, -0.1) is 0 Å². The van der Waals surface area contributed by atoms with Gasteiger partial charge >= 0.3 is 0 Å². The Morgan fingerprint density at radius 1 is 1.07 bits per heavy atom. The molecular weight excluding hydrogens is 172 g/mol. The molecule has 0 aliphatic carbocycles. The van der Waals surface area contributed by atoms with E-state index in [2.05, 4.69) is 32.9 Å². The van der Waals surface area contributed by atoms with Crippen LogP contribution >= 0.6 is 0 Å². The molecule has 1 heteroatoms. The quantitative estimate of drug-likeness (QED) is 0.463. The zero-order valence-corrected chi connectivity index (χ0v) is 10.00. The highest BCUT2D eigenvalue weighted by molar-refractivity contribution is 4.84. The van der Waals surface area contributed by atoms with Crippen molar-refractivity contribution in [3.63, 3.8) is 0 Å². The van der Waals surface area contributed by atoms with Crippen LogP contribution in [0.15, 0.2) is 12.2 Å². The van der Waals surface area contributed by atoms with Crippen molar-refractivity contribution in [1.29, 1.82) is 0 Å². The highest BCUT2D eigenvalue weighted by atomic mass is 16.3. The lowest BCUT2D eigenvalue weighted by Crippen LogP contribution is -2.12. The van der Waals surface area contributed by atoms with E-state index in [-0.39, 0.29) is 6.10 Å². The van der Waals surface area contributed by atoms with Gasteiger partial charge in [-0.05, 0) is 25.2 Å². The zero-order valence-electron chi connectivity index (χ0n) is 10.00. The van der Waals surface area contributed by atoms with Gasteiger partial charge in [-0.3, -0.25) is 0 Å². The van der Waals surface area contributed by atoms with E-state index in [1.54, 1.807) is 0 Å². The third kappa shape index (κ3) is 8.31. The van der Waals surface area contributed by atoms with E-state index < -0.39 is 0 Å². The second-order valence-corrected chi connectivity index (χ2v) is 4.37. The van der Waals surface area contributed by atoms with Crippen molar-refractivity contribution in [2.24, 2.45) is 5.92 Å². The van der Waals surface area contributed by atoms with Crippen molar-refractivity contribution in [3.05, 3.63) is 12.2 Å². The maximum absolute atomic E-state index is 9.52. The predicted octanol–water partition coefficient (Wildman–Crippen LogP) is 3.92. The van der Waals surface area contributed by atoms with Gasteiger partial charge in [0.05, 0.1) is 6.10 Å². The standard InChI is InChI=1S/C13H26O/c1-4-5-6-7-8-9-10-11-13(14)12(2)3/h9-10,12-14H,4-8,11H2,1-3H3/b10-9+. The van der Waals surface area contributed by atoms with Crippen LogP contribution in [0.4, 0.5) is 0 Å². The van der Waals surface area contributed by atoms with E-state index in [1.807, 2.05) is 0 Å². The lowest BCUT2D eigenvalue weighted by Gasteiger charge is -2.10. The molecule has 0 spiro atoms. The first-order valence-electron chi connectivity index (χ1n) is 6.01. The SMILES string of the molecule is CCCCCC/C=C/CC(O)C(C)C. The summed E-state index contributed by atoms with van der Waals surface area (Å²) in [7, 11) is 0. The van der Waals surface area contributed by atoms with Crippen molar-refractivity contribution in [2.75, 3.05) is 0 Å². The van der Waals surface area contributed by atoms with Crippen molar-refractivity contribution >= 4 is 0 Å². The minimum Gasteiger partial charge on any atom is -0.393 e. The van der Waals surface area contributed by atoms with Crippen LogP contribution in [-0.2, 0) is 0 Å².